The largest absolute Gasteiger partial charge is 1.00 e. The van der Waals surface area contributed by atoms with E-state index in [-0.39, 0.29) is 29.5 Å². The first-order chi connectivity index (χ1) is 14.5. The summed E-state index contributed by atoms with van der Waals surface area (Å²) in [6.07, 6.45) is 4.34. The highest BCUT2D eigenvalue weighted by Crippen LogP contribution is 2.41. The van der Waals surface area contributed by atoms with Crippen LogP contribution in [0.3, 0.4) is 0 Å². The van der Waals surface area contributed by atoms with Crippen molar-refractivity contribution < 1.29 is 26.6 Å². The fraction of sp³-hybridized carbons (Fsp3) is 0.571. The zero-order valence-electron chi connectivity index (χ0n) is 21.5. The second kappa shape index (κ2) is 12.1. The van der Waals surface area contributed by atoms with Crippen LogP contribution in [0.5, 0.6) is 5.75 Å². The lowest BCUT2D eigenvalue weighted by molar-refractivity contribution is -1.12. The average molecular weight is 462 g/mol. The predicted molar refractivity (Wildman–Crippen MR) is 131 cm³/mol. The molecule has 0 heterocycles. The normalized spacial score (nSPS) is 13.4. The van der Waals surface area contributed by atoms with Crippen molar-refractivity contribution in [1.29, 1.82) is 0 Å². The van der Waals surface area contributed by atoms with Gasteiger partial charge in [0.05, 0.1) is 14.1 Å². The van der Waals surface area contributed by atoms with Gasteiger partial charge in [0, 0.05) is 5.41 Å². The van der Waals surface area contributed by atoms with E-state index >= 15 is 0 Å². The van der Waals surface area contributed by atoms with Gasteiger partial charge in [0.2, 0.25) is 0 Å². The maximum Gasteiger partial charge on any atom is 0.143 e. The number of hydrogen-bond donors (Lipinski definition) is 0. The van der Waals surface area contributed by atoms with Crippen LogP contribution in [0.15, 0.2) is 54.6 Å². The Labute approximate surface area is 203 Å². The second-order valence-corrected chi connectivity index (χ2v) is 10.4. The van der Waals surface area contributed by atoms with Crippen molar-refractivity contribution in [2.75, 3.05) is 20.7 Å². The quantitative estimate of drug-likeness (QED) is 0.351. The van der Waals surface area contributed by atoms with Gasteiger partial charge in [-0.05, 0) is 57.7 Å². The zero-order valence-corrected chi connectivity index (χ0v) is 22.2. The molecule has 1 unspecified atom stereocenters. The van der Waals surface area contributed by atoms with Gasteiger partial charge in [0.15, 0.2) is 0 Å². The number of unbranched alkanes of at least 4 members (excludes halogenated alkanes) is 1. The van der Waals surface area contributed by atoms with Crippen molar-refractivity contribution in [2.45, 2.75) is 78.9 Å². The van der Waals surface area contributed by atoms with E-state index in [1.54, 1.807) is 0 Å². The molecule has 0 spiro atoms. The molecule has 4 heteroatoms. The Balaban J connectivity index is 0.00000512. The van der Waals surface area contributed by atoms with Crippen molar-refractivity contribution in [3.8, 4) is 5.75 Å². The molecule has 0 fully saturated rings. The summed E-state index contributed by atoms with van der Waals surface area (Å²) in [5.41, 5.74) is 2.54. The van der Waals surface area contributed by atoms with E-state index in [1.165, 1.54) is 11.1 Å². The lowest BCUT2D eigenvalue weighted by atomic mass is 9.69. The van der Waals surface area contributed by atoms with Crippen molar-refractivity contribution in [3.05, 3.63) is 65.7 Å². The summed E-state index contributed by atoms with van der Waals surface area (Å²) < 4.78 is 6.80. The van der Waals surface area contributed by atoms with E-state index in [2.05, 4.69) is 110 Å². The first-order valence-corrected chi connectivity index (χ1v) is 11.7. The van der Waals surface area contributed by atoms with Crippen LogP contribution in [-0.4, -0.2) is 37.0 Å². The SMILES string of the molecule is CCCCC(CO[N+](C)(C)C(C)(C)C(C)(C)Cc1ccccc1)Oc1ccc(C)cc1.[Cl-]. The van der Waals surface area contributed by atoms with Gasteiger partial charge in [0.1, 0.15) is 24.0 Å². The summed E-state index contributed by atoms with van der Waals surface area (Å²) in [6, 6.07) is 19.1. The molecule has 1 atom stereocenters. The van der Waals surface area contributed by atoms with Crippen LogP contribution < -0.4 is 17.1 Å². The van der Waals surface area contributed by atoms with Gasteiger partial charge in [-0.1, -0.05) is 75.2 Å². The third-order valence-corrected chi connectivity index (χ3v) is 7.28. The van der Waals surface area contributed by atoms with Gasteiger partial charge in [-0.3, -0.25) is 0 Å². The molecule has 2 rings (SSSR count). The average Bonchev–Trinajstić information content (AvgIpc) is 2.71. The molecule has 0 amide bonds. The topological polar surface area (TPSA) is 18.5 Å². The highest BCUT2D eigenvalue weighted by molar-refractivity contribution is 5.26. The molecule has 0 aromatic heterocycles. The minimum atomic E-state index is -0.109. The van der Waals surface area contributed by atoms with E-state index < -0.39 is 0 Å². The Hall–Kier alpha value is -1.55. The maximum absolute atomic E-state index is 6.59. The van der Waals surface area contributed by atoms with Gasteiger partial charge in [-0.25, -0.2) is 0 Å². The van der Waals surface area contributed by atoms with Gasteiger partial charge >= 0.3 is 0 Å². The molecular weight excluding hydrogens is 418 g/mol. The highest BCUT2D eigenvalue weighted by Gasteiger charge is 2.51. The first kappa shape index (κ1) is 28.5. The molecule has 32 heavy (non-hydrogen) atoms. The number of aryl methyl sites for hydroxylation is 1. The molecule has 2 aromatic carbocycles. The summed E-state index contributed by atoms with van der Waals surface area (Å²) >= 11 is 0. The standard InChI is InChI=1S/C28H44NO2.ClH/c1-9-10-16-26(31-25-19-17-23(2)18-20-25)22-30-29(7,8)28(5,6)27(3,4)21-24-14-12-11-13-15-24;/h11-15,17-20,26H,9-10,16,21-22H2,1-8H3;1H/q+1;/p-1. The van der Waals surface area contributed by atoms with Crippen molar-refractivity contribution in [1.82, 2.24) is 0 Å². The third-order valence-electron chi connectivity index (χ3n) is 7.28. The Morgan fingerprint density at radius 1 is 0.906 bits per heavy atom. The number of nitrogens with zero attached hydrogens (tertiary/aromatic N) is 1. The summed E-state index contributed by atoms with van der Waals surface area (Å²) in [5.74, 6) is 0.921. The molecule has 0 saturated heterocycles. The number of quaternary nitrogens is 1. The molecule has 0 saturated carbocycles. The minimum absolute atomic E-state index is 0. The number of benzene rings is 2. The van der Waals surface area contributed by atoms with E-state index in [0.29, 0.717) is 11.3 Å². The van der Waals surface area contributed by atoms with Crippen LogP contribution in [0.2, 0.25) is 0 Å². The van der Waals surface area contributed by atoms with Gasteiger partial charge < -0.3 is 17.1 Å². The second-order valence-electron chi connectivity index (χ2n) is 10.4. The van der Waals surface area contributed by atoms with Crippen LogP contribution in [0.25, 0.3) is 0 Å². The minimum Gasteiger partial charge on any atom is -1.00 e. The van der Waals surface area contributed by atoms with Gasteiger partial charge in [-0.15, -0.1) is 0 Å². The number of rotatable bonds is 12. The lowest BCUT2D eigenvalue weighted by Gasteiger charge is -2.50. The van der Waals surface area contributed by atoms with Crippen molar-refractivity contribution in [3.63, 3.8) is 0 Å². The number of ether oxygens (including phenoxy) is 1. The summed E-state index contributed by atoms with van der Waals surface area (Å²) in [5, 5.41) is 0. The smallest absolute Gasteiger partial charge is 0.143 e. The van der Waals surface area contributed by atoms with Crippen LogP contribution in [0.4, 0.5) is 0 Å². The monoisotopic (exact) mass is 461 g/mol. The Morgan fingerprint density at radius 3 is 2.06 bits per heavy atom. The van der Waals surface area contributed by atoms with Crippen LogP contribution in [0, 0.1) is 12.3 Å². The molecule has 0 aliphatic rings. The van der Waals surface area contributed by atoms with E-state index in [0.717, 1.165) is 31.4 Å². The fourth-order valence-electron chi connectivity index (χ4n) is 3.90. The molecule has 3 nitrogen and oxygen atoms in total. The fourth-order valence-corrected chi connectivity index (χ4v) is 3.90. The highest BCUT2D eigenvalue weighted by atomic mass is 35.5. The lowest BCUT2D eigenvalue weighted by Crippen LogP contribution is -3.00. The summed E-state index contributed by atoms with van der Waals surface area (Å²) in [4.78, 5) is 6.59. The van der Waals surface area contributed by atoms with Crippen LogP contribution >= 0.6 is 0 Å². The first-order valence-electron chi connectivity index (χ1n) is 11.7. The van der Waals surface area contributed by atoms with Crippen LogP contribution in [-0.2, 0) is 11.3 Å². The van der Waals surface area contributed by atoms with Crippen molar-refractivity contribution in [2.24, 2.45) is 5.41 Å². The Bertz CT molecular complexity index is 785. The zero-order chi connectivity index (χ0) is 23.1. The predicted octanol–water partition coefficient (Wildman–Crippen LogP) is 3.99. The Kier molecular flexibility index (Phi) is 10.7. The number of hydrogen-bond acceptors (Lipinski definition) is 2. The summed E-state index contributed by atoms with van der Waals surface area (Å²) in [6.45, 7) is 14.2. The molecule has 0 aliphatic carbocycles. The van der Waals surface area contributed by atoms with E-state index in [4.69, 9.17) is 9.57 Å². The molecule has 2 aromatic rings. The summed E-state index contributed by atoms with van der Waals surface area (Å²) in [7, 11) is 4.35. The molecule has 0 radical (unpaired) electrons. The maximum atomic E-state index is 6.59. The molecule has 180 valence electrons. The molecule has 0 N–H and O–H groups in total. The van der Waals surface area contributed by atoms with Crippen LogP contribution in [0.1, 0.15) is 65.0 Å². The van der Waals surface area contributed by atoms with Crippen molar-refractivity contribution >= 4 is 0 Å². The molecule has 0 aliphatic heterocycles. The number of halogens is 1. The van der Waals surface area contributed by atoms with E-state index in [1.807, 2.05) is 0 Å². The van der Waals surface area contributed by atoms with Gasteiger partial charge in [-0.2, -0.15) is 9.48 Å². The molecular formula is C28H44ClNO2. The van der Waals surface area contributed by atoms with Gasteiger partial charge in [0.25, 0.3) is 0 Å². The Morgan fingerprint density at radius 2 is 1.50 bits per heavy atom. The number of hydroxylamine groups is 3. The molecule has 0 bridgehead atoms. The third kappa shape index (κ3) is 7.50. The van der Waals surface area contributed by atoms with E-state index in [9.17, 15) is 0 Å².